The Morgan fingerprint density at radius 3 is 2.65 bits per heavy atom. The third-order valence-electron chi connectivity index (χ3n) is 2.65. The van der Waals surface area contributed by atoms with E-state index in [0.29, 0.717) is 18.9 Å². The van der Waals surface area contributed by atoms with Gasteiger partial charge < -0.3 is 9.84 Å². The number of carboxylic acid groups (broad SMARTS) is 1. The van der Waals surface area contributed by atoms with Crippen molar-refractivity contribution in [3.05, 3.63) is 71.6 Å². The van der Waals surface area contributed by atoms with Crippen LogP contribution in [0.1, 0.15) is 21.6 Å². The van der Waals surface area contributed by atoms with Crippen molar-refractivity contribution in [1.82, 2.24) is 4.98 Å². The first kappa shape index (κ1) is 14.0. The molecule has 0 radical (unpaired) electrons. The summed E-state index contributed by atoms with van der Waals surface area (Å²) in [6.45, 7) is 0.844. The van der Waals surface area contributed by atoms with Gasteiger partial charge in [-0.05, 0) is 17.7 Å². The van der Waals surface area contributed by atoms with Crippen molar-refractivity contribution < 1.29 is 14.6 Å². The lowest BCUT2D eigenvalue weighted by Crippen LogP contribution is -2.00. The Hall–Kier alpha value is -2.46. The van der Waals surface area contributed by atoms with Gasteiger partial charge in [0.15, 0.2) is 0 Å². The topological polar surface area (TPSA) is 59.4 Å². The SMILES string of the molecule is O=C(O)c1ccc(COC/C=C/c2ccccc2)nc1. The van der Waals surface area contributed by atoms with E-state index in [1.54, 1.807) is 6.07 Å². The van der Waals surface area contributed by atoms with Gasteiger partial charge in [0.25, 0.3) is 0 Å². The molecule has 0 fully saturated rings. The number of nitrogens with zero attached hydrogens (tertiary/aromatic N) is 1. The molecule has 0 aliphatic heterocycles. The van der Waals surface area contributed by atoms with Gasteiger partial charge in [-0.25, -0.2) is 4.79 Å². The van der Waals surface area contributed by atoms with Gasteiger partial charge in [-0.2, -0.15) is 0 Å². The van der Waals surface area contributed by atoms with Crippen molar-refractivity contribution in [2.75, 3.05) is 6.61 Å². The van der Waals surface area contributed by atoms with Crippen LogP contribution in [-0.4, -0.2) is 22.7 Å². The van der Waals surface area contributed by atoms with Crippen LogP contribution in [0.2, 0.25) is 0 Å². The molecular weight excluding hydrogens is 254 g/mol. The molecule has 0 amide bonds. The lowest BCUT2D eigenvalue weighted by Gasteiger charge is -2.01. The fourth-order valence-corrected chi connectivity index (χ4v) is 1.62. The molecule has 2 rings (SSSR count). The molecule has 0 spiro atoms. The lowest BCUT2D eigenvalue weighted by atomic mass is 10.2. The van der Waals surface area contributed by atoms with Crippen LogP contribution >= 0.6 is 0 Å². The van der Waals surface area contributed by atoms with E-state index in [-0.39, 0.29) is 5.56 Å². The Labute approximate surface area is 117 Å². The Morgan fingerprint density at radius 1 is 1.20 bits per heavy atom. The van der Waals surface area contributed by atoms with Crippen LogP contribution in [0.4, 0.5) is 0 Å². The van der Waals surface area contributed by atoms with E-state index in [2.05, 4.69) is 4.98 Å². The first-order valence-electron chi connectivity index (χ1n) is 6.23. The van der Waals surface area contributed by atoms with Crippen LogP contribution in [0.3, 0.4) is 0 Å². The third kappa shape index (κ3) is 4.33. The Bertz CT molecular complexity index is 576. The minimum Gasteiger partial charge on any atom is -0.478 e. The van der Waals surface area contributed by atoms with Gasteiger partial charge in [0.2, 0.25) is 0 Å². The van der Waals surface area contributed by atoms with Crippen molar-refractivity contribution in [1.29, 1.82) is 0 Å². The van der Waals surface area contributed by atoms with Gasteiger partial charge >= 0.3 is 5.97 Å². The molecule has 0 bridgehead atoms. The molecule has 1 heterocycles. The summed E-state index contributed by atoms with van der Waals surface area (Å²) < 4.78 is 5.45. The molecule has 1 aromatic carbocycles. The molecule has 0 saturated heterocycles. The molecule has 0 aliphatic carbocycles. The molecule has 20 heavy (non-hydrogen) atoms. The monoisotopic (exact) mass is 269 g/mol. The number of aromatic nitrogens is 1. The second-order valence-electron chi connectivity index (χ2n) is 4.17. The maximum absolute atomic E-state index is 10.7. The zero-order valence-electron chi connectivity index (χ0n) is 10.9. The van der Waals surface area contributed by atoms with Gasteiger partial charge in [-0.3, -0.25) is 4.98 Å². The van der Waals surface area contributed by atoms with Crippen molar-refractivity contribution in [3.8, 4) is 0 Å². The maximum Gasteiger partial charge on any atom is 0.337 e. The van der Waals surface area contributed by atoms with E-state index in [1.165, 1.54) is 12.3 Å². The third-order valence-corrected chi connectivity index (χ3v) is 2.65. The number of aromatic carboxylic acids is 1. The average molecular weight is 269 g/mol. The molecule has 0 aliphatic rings. The standard InChI is InChI=1S/C16H15NO3/c18-16(19)14-8-9-15(17-11-14)12-20-10-4-7-13-5-2-1-3-6-13/h1-9,11H,10,12H2,(H,18,19)/b7-4+. The maximum atomic E-state index is 10.7. The molecule has 102 valence electrons. The van der Waals surface area contributed by atoms with Crippen LogP contribution in [0, 0.1) is 0 Å². The van der Waals surface area contributed by atoms with E-state index >= 15 is 0 Å². The second kappa shape index (κ2) is 7.21. The summed E-state index contributed by atoms with van der Waals surface area (Å²) in [5.41, 5.74) is 2.01. The smallest absolute Gasteiger partial charge is 0.337 e. The average Bonchev–Trinajstić information content (AvgIpc) is 2.48. The Morgan fingerprint density at radius 2 is 2.00 bits per heavy atom. The summed E-state index contributed by atoms with van der Waals surface area (Å²) in [4.78, 5) is 14.7. The van der Waals surface area contributed by atoms with Gasteiger partial charge in [-0.1, -0.05) is 42.5 Å². The van der Waals surface area contributed by atoms with Crippen LogP contribution in [-0.2, 0) is 11.3 Å². The number of rotatable bonds is 6. The van der Waals surface area contributed by atoms with Crippen LogP contribution < -0.4 is 0 Å². The first-order chi connectivity index (χ1) is 9.75. The van der Waals surface area contributed by atoms with Gasteiger partial charge in [0, 0.05) is 6.20 Å². The summed E-state index contributed by atoms with van der Waals surface area (Å²) >= 11 is 0. The molecule has 0 atom stereocenters. The van der Waals surface area contributed by atoms with Crippen LogP contribution in [0.5, 0.6) is 0 Å². The fraction of sp³-hybridized carbons (Fsp3) is 0.125. The largest absolute Gasteiger partial charge is 0.478 e. The van der Waals surface area contributed by atoms with E-state index < -0.39 is 5.97 Å². The molecule has 1 aromatic heterocycles. The number of ether oxygens (including phenoxy) is 1. The van der Waals surface area contributed by atoms with E-state index in [1.807, 2.05) is 42.5 Å². The summed E-state index contributed by atoms with van der Waals surface area (Å²) in [7, 11) is 0. The quantitative estimate of drug-likeness (QED) is 0.819. The van der Waals surface area contributed by atoms with Gasteiger partial charge in [0.1, 0.15) is 0 Å². The van der Waals surface area contributed by atoms with Crippen molar-refractivity contribution >= 4 is 12.0 Å². The summed E-state index contributed by atoms with van der Waals surface area (Å²) in [5, 5.41) is 8.75. The van der Waals surface area contributed by atoms with Crippen LogP contribution in [0.25, 0.3) is 6.08 Å². The number of pyridine rings is 1. The summed E-state index contributed by atoms with van der Waals surface area (Å²) in [6.07, 6.45) is 5.25. The van der Waals surface area contributed by atoms with Gasteiger partial charge in [0.05, 0.1) is 24.5 Å². The minimum absolute atomic E-state index is 0.178. The first-order valence-corrected chi connectivity index (χ1v) is 6.23. The number of benzene rings is 1. The van der Waals surface area contributed by atoms with E-state index in [0.717, 1.165) is 5.56 Å². The molecule has 0 unspecified atom stereocenters. The normalized spacial score (nSPS) is 10.8. The lowest BCUT2D eigenvalue weighted by molar-refractivity contribution is 0.0696. The highest BCUT2D eigenvalue weighted by molar-refractivity contribution is 5.87. The molecule has 4 nitrogen and oxygen atoms in total. The Kier molecular flexibility index (Phi) is 5.03. The van der Waals surface area contributed by atoms with E-state index in [4.69, 9.17) is 9.84 Å². The zero-order valence-corrected chi connectivity index (χ0v) is 10.9. The number of hydrogen-bond acceptors (Lipinski definition) is 3. The predicted octanol–water partition coefficient (Wildman–Crippen LogP) is 3.01. The molecule has 4 heteroatoms. The van der Waals surface area contributed by atoms with Crippen LogP contribution in [0.15, 0.2) is 54.7 Å². The zero-order chi connectivity index (χ0) is 14.2. The molecule has 0 saturated carbocycles. The second-order valence-corrected chi connectivity index (χ2v) is 4.17. The van der Waals surface area contributed by atoms with Crippen molar-refractivity contribution in [2.24, 2.45) is 0 Å². The molecular formula is C16H15NO3. The highest BCUT2D eigenvalue weighted by atomic mass is 16.5. The molecule has 1 N–H and O–H groups in total. The Balaban J connectivity index is 1.76. The number of hydrogen-bond donors (Lipinski definition) is 1. The highest BCUT2D eigenvalue weighted by Crippen LogP contribution is 2.03. The molecule has 2 aromatic rings. The fourth-order valence-electron chi connectivity index (χ4n) is 1.62. The number of carboxylic acids is 1. The van der Waals surface area contributed by atoms with E-state index in [9.17, 15) is 4.79 Å². The van der Waals surface area contributed by atoms with Crippen molar-refractivity contribution in [3.63, 3.8) is 0 Å². The highest BCUT2D eigenvalue weighted by Gasteiger charge is 2.02. The summed E-state index contributed by atoms with van der Waals surface area (Å²) in [6, 6.07) is 13.1. The predicted molar refractivity (Wildman–Crippen MR) is 76.3 cm³/mol. The van der Waals surface area contributed by atoms with Crippen molar-refractivity contribution in [2.45, 2.75) is 6.61 Å². The minimum atomic E-state index is -0.976. The number of carbonyl (C=O) groups is 1. The van der Waals surface area contributed by atoms with Gasteiger partial charge in [-0.15, -0.1) is 0 Å². The summed E-state index contributed by atoms with van der Waals surface area (Å²) in [5.74, 6) is -0.976.